The average Bonchev–Trinajstić information content (AvgIpc) is 2.72. The molecule has 1 aliphatic rings. The van der Waals surface area contributed by atoms with Gasteiger partial charge in [-0.1, -0.05) is 37.7 Å². The molecule has 1 aliphatic heterocycles. The molecule has 1 fully saturated rings. The molecule has 1 unspecified atom stereocenters. The molecule has 1 heterocycles. The molecular weight excluding hydrogens is 268 g/mol. The fraction of sp³-hybridized carbons (Fsp3) is 0.500. The molecule has 1 atom stereocenters. The van der Waals surface area contributed by atoms with E-state index >= 15 is 0 Å². The second kappa shape index (κ2) is 6.84. The lowest BCUT2D eigenvalue weighted by atomic mass is 9.98. The minimum Gasteiger partial charge on any atom is -0.389 e. The minimum absolute atomic E-state index is 0.0971. The van der Waals surface area contributed by atoms with Crippen LogP contribution in [0, 0.1) is 5.92 Å². The van der Waals surface area contributed by atoms with Crippen molar-refractivity contribution in [2.45, 2.75) is 32.6 Å². The first-order chi connectivity index (χ1) is 9.61. The van der Waals surface area contributed by atoms with Crippen LogP contribution in [0.2, 0.25) is 0 Å². The van der Waals surface area contributed by atoms with Crippen LogP contribution in [0.15, 0.2) is 24.3 Å². The Morgan fingerprint density at radius 1 is 1.35 bits per heavy atom. The van der Waals surface area contributed by atoms with Crippen LogP contribution in [0.3, 0.4) is 0 Å². The fourth-order valence-electron chi connectivity index (χ4n) is 2.76. The lowest BCUT2D eigenvalue weighted by Gasteiger charge is -2.21. The third kappa shape index (κ3) is 3.57. The van der Waals surface area contributed by atoms with E-state index in [-0.39, 0.29) is 5.91 Å². The number of nitrogens with two attached hydrogens (primary N) is 1. The standard InChI is InChI=1S/C16H22N2OS/c1-2-12-5-4-9-18(10-8-12)16(19)14-7-3-6-13(11-14)15(17)20/h3,6-7,11-12H,2,4-5,8-10H2,1H3,(H2,17,20). The monoisotopic (exact) mass is 290 g/mol. The molecule has 1 aromatic carbocycles. The van der Waals surface area contributed by atoms with Crippen LogP contribution in [0.4, 0.5) is 0 Å². The zero-order chi connectivity index (χ0) is 14.5. The maximum atomic E-state index is 12.6. The molecule has 0 spiro atoms. The second-order valence-electron chi connectivity index (χ2n) is 5.44. The number of nitrogens with zero attached hydrogens (tertiary/aromatic N) is 1. The third-order valence-corrected chi connectivity index (χ3v) is 4.34. The largest absolute Gasteiger partial charge is 0.389 e. The molecule has 0 aromatic heterocycles. The van der Waals surface area contributed by atoms with Gasteiger partial charge in [0.15, 0.2) is 0 Å². The van der Waals surface area contributed by atoms with Crippen LogP contribution in [0.5, 0.6) is 0 Å². The van der Waals surface area contributed by atoms with Crippen LogP contribution in [0.1, 0.15) is 48.5 Å². The van der Waals surface area contributed by atoms with Gasteiger partial charge < -0.3 is 10.6 Å². The summed E-state index contributed by atoms with van der Waals surface area (Å²) in [5.41, 5.74) is 7.07. The van der Waals surface area contributed by atoms with Gasteiger partial charge in [-0.3, -0.25) is 4.79 Å². The van der Waals surface area contributed by atoms with Crippen molar-refractivity contribution < 1.29 is 4.79 Å². The molecule has 1 amide bonds. The highest BCUT2D eigenvalue weighted by Crippen LogP contribution is 2.21. The second-order valence-corrected chi connectivity index (χ2v) is 5.88. The van der Waals surface area contributed by atoms with E-state index in [9.17, 15) is 4.79 Å². The summed E-state index contributed by atoms with van der Waals surface area (Å²) in [5.74, 6) is 0.857. The number of carbonyl (C=O) groups excluding carboxylic acids is 1. The van der Waals surface area contributed by atoms with Crippen LogP contribution in [-0.2, 0) is 0 Å². The van der Waals surface area contributed by atoms with Crippen molar-refractivity contribution in [3.63, 3.8) is 0 Å². The number of rotatable bonds is 3. The first kappa shape index (κ1) is 15.0. The summed E-state index contributed by atoms with van der Waals surface area (Å²) in [7, 11) is 0. The van der Waals surface area contributed by atoms with Crippen LogP contribution >= 0.6 is 12.2 Å². The van der Waals surface area contributed by atoms with E-state index < -0.39 is 0 Å². The van der Waals surface area contributed by atoms with E-state index in [0.717, 1.165) is 37.4 Å². The zero-order valence-corrected chi connectivity index (χ0v) is 12.8. The normalized spacial score (nSPS) is 19.4. The first-order valence-electron chi connectivity index (χ1n) is 7.31. The molecule has 20 heavy (non-hydrogen) atoms. The van der Waals surface area contributed by atoms with Crippen molar-refractivity contribution in [1.29, 1.82) is 0 Å². The maximum Gasteiger partial charge on any atom is 0.253 e. The topological polar surface area (TPSA) is 46.3 Å². The van der Waals surface area contributed by atoms with Crippen molar-refractivity contribution in [2.24, 2.45) is 11.7 Å². The lowest BCUT2D eigenvalue weighted by molar-refractivity contribution is 0.0760. The average molecular weight is 290 g/mol. The van der Waals surface area contributed by atoms with Gasteiger partial charge in [-0.2, -0.15) is 0 Å². The molecule has 2 rings (SSSR count). The minimum atomic E-state index is 0.0971. The molecule has 1 saturated heterocycles. The smallest absolute Gasteiger partial charge is 0.253 e. The Morgan fingerprint density at radius 3 is 2.80 bits per heavy atom. The maximum absolute atomic E-state index is 12.6. The van der Waals surface area contributed by atoms with Crippen molar-refractivity contribution in [3.8, 4) is 0 Å². The number of hydrogen-bond acceptors (Lipinski definition) is 2. The van der Waals surface area contributed by atoms with Gasteiger partial charge in [0.1, 0.15) is 4.99 Å². The molecule has 108 valence electrons. The number of hydrogen-bond donors (Lipinski definition) is 1. The van der Waals surface area contributed by atoms with Gasteiger partial charge in [0.25, 0.3) is 5.91 Å². The van der Waals surface area contributed by atoms with E-state index in [2.05, 4.69) is 6.92 Å². The summed E-state index contributed by atoms with van der Waals surface area (Å²) >= 11 is 4.97. The Morgan fingerprint density at radius 2 is 2.10 bits per heavy atom. The predicted molar refractivity (Wildman–Crippen MR) is 85.9 cm³/mol. The van der Waals surface area contributed by atoms with E-state index in [4.69, 9.17) is 18.0 Å². The number of benzene rings is 1. The van der Waals surface area contributed by atoms with Gasteiger partial charge in [0, 0.05) is 24.2 Å². The third-order valence-electron chi connectivity index (χ3n) is 4.11. The Hall–Kier alpha value is -1.42. The summed E-state index contributed by atoms with van der Waals surface area (Å²) in [6, 6.07) is 7.32. The number of likely N-dealkylation sites (tertiary alicyclic amines) is 1. The quantitative estimate of drug-likeness (QED) is 0.871. The highest BCUT2D eigenvalue weighted by Gasteiger charge is 2.21. The molecule has 0 aliphatic carbocycles. The summed E-state index contributed by atoms with van der Waals surface area (Å²) in [6.45, 7) is 3.94. The van der Waals surface area contributed by atoms with E-state index in [0.29, 0.717) is 10.6 Å². The van der Waals surface area contributed by atoms with Gasteiger partial charge in [0.2, 0.25) is 0 Å². The molecule has 0 radical (unpaired) electrons. The lowest BCUT2D eigenvalue weighted by Crippen LogP contribution is -2.32. The Labute approximate surface area is 126 Å². The molecule has 0 saturated carbocycles. The predicted octanol–water partition coefficient (Wildman–Crippen LogP) is 2.97. The number of amides is 1. The summed E-state index contributed by atoms with van der Waals surface area (Å²) < 4.78 is 0. The Kier molecular flexibility index (Phi) is 5.12. The van der Waals surface area contributed by atoms with Crippen molar-refractivity contribution >= 4 is 23.1 Å². The molecule has 2 N–H and O–H groups in total. The molecular formula is C16H22N2OS. The van der Waals surface area contributed by atoms with Crippen molar-refractivity contribution in [3.05, 3.63) is 35.4 Å². The van der Waals surface area contributed by atoms with E-state index in [1.54, 1.807) is 6.07 Å². The van der Waals surface area contributed by atoms with Gasteiger partial charge in [0.05, 0.1) is 0 Å². The molecule has 1 aromatic rings. The summed E-state index contributed by atoms with van der Waals surface area (Å²) in [5, 5.41) is 0. The Bertz CT molecular complexity index is 501. The van der Waals surface area contributed by atoms with Crippen LogP contribution in [-0.4, -0.2) is 28.9 Å². The van der Waals surface area contributed by atoms with E-state index in [1.807, 2.05) is 23.1 Å². The van der Waals surface area contributed by atoms with Crippen LogP contribution in [0.25, 0.3) is 0 Å². The van der Waals surface area contributed by atoms with Crippen LogP contribution < -0.4 is 5.73 Å². The van der Waals surface area contributed by atoms with E-state index in [1.165, 1.54) is 12.8 Å². The van der Waals surface area contributed by atoms with Gasteiger partial charge >= 0.3 is 0 Å². The number of thiocarbonyl (C=S) groups is 1. The van der Waals surface area contributed by atoms with Crippen molar-refractivity contribution in [2.75, 3.05) is 13.1 Å². The zero-order valence-electron chi connectivity index (χ0n) is 12.0. The number of carbonyl (C=O) groups is 1. The SMILES string of the molecule is CCC1CCCN(C(=O)c2cccc(C(N)=S)c2)CC1. The molecule has 4 heteroatoms. The highest BCUT2D eigenvalue weighted by molar-refractivity contribution is 7.80. The van der Waals surface area contributed by atoms with Crippen molar-refractivity contribution in [1.82, 2.24) is 4.90 Å². The van der Waals surface area contributed by atoms with Gasteiger partial charge in [-0.25, -0.2) is 0 Å². The first-order valence-corrected chi connectivity index (χ1v) is 7.71. The van der Waals surface area contributed by atoms with Gasteiger partial charge in [-0.05, 0) is 37.3 Å². The summed E-state index contributed by atoms with van der Waals surface area (Å²) in [6.07, 6.45) is 4.64. The Balaban J connectivity index is 2.10. The summed E-state index contributed by atoms with van der Waals surface area (Å²) in [4.78, 5) is 14.9. The van der Waals surface area contributed by atoms with Gasteiger partial charge in [-0.15, -0.1) is 0 Å². The molecule has 3 nitrogen and oxygen atoms in total. The molecule has 0 bridgehead atoms. The highest BCUT2D eigenvalue weighted by atomic mass is 32.1. The fourth-order valence-corrected chi connectivity index (χ4v) is 2.89.